The summed E-state index contributed by atoms with van der Waals surface area (Å²) < 4.78 is 5.18. The Morgan fingerprint density at radius 2 is 1.58 bits per heavy atom. The summed E-state index contributed by atoms with van der Waals surface area (Å²) in [7, 11) is 1.69. The number of hydrogen-bond acceptors (Lipinski definition) is 1. The van der Waals surface area contributed by atoms with E-state index in [2.05, 4.69) is 60.1 Å². The van der Waals surface area contributed by atoms with Crippen LogP contribution in [0.1, 0.15) is 27.1 Å². The van der Waals surface area contributed by atoms with Crippen LogP contribution in [0.3, 0.4) is 0 Å². The van der Waals surface area contributed by atoms with Crippen LogP contribution in [0.4, 0.5) is 0 Å². The van der Waals surface area contributed by atoms with Gasteiger partial charge in [0.25, 0.3) is 0 Å². The summed E-state index contributed by atoms with van der Waals surface area (Å²) in [5.41, 5.74) is 5.28. The van der Waals surface area contributed by atoms with Gasteiger partial charge >= 0.3 is 0 Å². The maximum atomic E-state index is 5.18. The van der Waals surface area contributed by atoms with Gasteiger partial charge in [-0.3, -0.25) is 0 Å². The Kier molecular flexibility index (Phi) is 4.65. The average molecular weight is 319 g/mol. The highest BCUT2D eigenvalue weighted by molar-refractivity contribution is 9.09. The predicted molar refractivity (Wildman–Crippen MR) is 84.3 cm³/mol. The Morgan fingerprint density at radius 3 is 2.11 bits per heavy atom. The molecule has 1 atom stereocenters. The third kappa shape index (κ3) is 3.84. The van der Waals surface area contributed by atoms with Gasteiger partial charge in [-0.15, -0.1) is 0 Å². The van der Waals surface area contributed by atoms with Gasteiger partial charge in [0.05, 0.1) is 7.11 Å². The van der Waals surface area contributed by atoms with Crippen molar-refractivity contribution in [1.82, 2.24) is 0 Å². The van der Waals surface area contributed by atoms with Gasteiger partial charge in [0.1, 0.15) is 5.75 Å². The molecule has 0 spiro atoms. The second kappa shape index (κ2) is 6.25. The van der Waals surface area contributed by atoms with Crippen LogP contribution in [0.15, 0.2) is 42.5 Å². The lowest BCUT2D eigenvalue weighted by Crippen LogP contribution is -1.97. The SMILES string of the molecule is COc1ccc(CC(Br)c2cc(C)cc(C)c2)cc1. The third-order valence-corrected chi connectivity index (χ3v) is 4.03. The largest absolute Gasteiger partial charge is 0.497 e. The normalized spacial score (nSPS) is 12.2. The van der Waals surface area contributed by atoms with E-state index in [0.29, 0.717) is 4.83 Å². The number of alkyl halides is 1. The Bertz CT molecular complexity index is 525. The summed E-state index contributed by atoms with van der Waals surface area (Å²) in [6.45, 7) is 4.28. The summed E-state index contributed by atoms with van der Waals surface area (Å²) in [6, 6.07) is 15.0. The van der Waals surface area contributed by atoms with Crippen molar-refractivity contribution in [2.24, 2.45) is 0 Å². The summed E-state index contributed by atoms with van der Waals surface area (Å²) in [5.74, 6) is 0.904. The molecule has 0 radical (unpaired) electrons. The molecule has 100 valence electrons. The number of methoxy groups -OCH3 is 1. The fourth-order valence-electron chi connectivity index (χ4n) is 2.28. The molecule has 0 saturated heterocycles. The number of benzene rings is 2. The van der Waals surface area contributed by atoms with Crippen LogP contribution in [0, 0.1) is 13.8 Å². The van der Waals surface area contributed by atoms with Crippen molar-refractivity contribution in [1.29, 1.82) is 0 Å². The van der Waals surface area contributed by atoms with Crippen LogP contribution in [-0.2, 0) is 6.42 Å². The zero-order valence-corrected chi connectivity index (χ0v) is 13.2. The first-order valence-corrected chi connectivity index (χ1v) is 7.35. The third-order valence-electron chi connectivity index (χ3n) is 3.18. The zero-order valence-electron chi connectivity index (χ0n) is 11.6. The van der Waals surface area contributed by atoms with Crippen LogP contribution in [0.5, 0.6) is 5.75 Å². The molecule has 0 aliphatic rings. The van der Waals surface area contributed by atoms with Crippen molar-refractivity contribution in [3.63, 3.8) is 0 Å². The van der Waals surface area contributed by atoms with Crippen LogP contribution < -0.4 is 4.74 Å². The quantitative estimate of drug-likeness (QED) is 0.721. The van der Waals surface area contributed by atoms with Crippen LogP contribution >= 0.6 is 15.9 Å². The Balaban J connectivity index is 2.13. The number of ether oxygens (including phenoxy) is 1. The van der Waals surface area contributed by atoms with Crippen molar-refractivity contribution in [3.8, 4) is 5.75 Å². The van der Waals surface area contributed by atoms with Crippen molar-refractivity contribution in [3.05, 3.63) is 64.7 Å². The van der Waals surface area contributed by atoms with E-state index in [1.165, 1.54) is 22.3 Å². The lowest BCUT2D eigenvalue weighted by molar-refractivity contribution is 0.414. The van der Waals surface area contributed by atoms with E-state index in [1.54, 1.807) is 7.11 Å². The Labute approximate surface area is 123 Å². The molecule has 2 heteroatoms. The average Bonchev–Trinajstić information content (AvgIpc) is 2.38. The molecular formula is C17H19BrO. The van der Waals surface area contributed by atoms with Gasteiger partial charge in [-0.2, -0.15) is 0 Å². The summed E-state index contributed by atoms with van der Waals surface area (Å²) >= 11 is 3.80. The molecule has 0 aliphatic heterocycles. The number of halogens is 1. The second-order valence-electron chi connectivity index (χ2n) is 4.94. The molecule has 1 nitrogen and oxygen atoms in total. The van der Waals surface area contributed by atoms with Gasteiger partial charge in [-0.05, 0) is 43.5 Å². The van der Waals surface area contributed by atoms with E-state index in [9.17, 15) is 0 Å². The molecule has 2 aromatic rings. The molecule has 0 fully saturated rings. The molecule has 0 aliphatic carbocycles. The van der Waals surface area contributed by atoms with Crippen molar-refractivity contribution in [2.45, 2.75) is 25.1 Å². The molecule has 1 unspecified atom stereocenters. The van der Waals surface area contributed by atoms with E-state index in [-0.39, 0.29) is 0 Å². The van der Waals surface area contributed by atoms with E-state index in [1.807, 2.05) is 12.1 Å². The minimum absolute atomic E-state index is 0.347. The van der Waals surface area contributed by atoms with Crippen molar-refractivity contribution in [2.75, 3.05) is 7.11 Å². The number of rotatable bonds is 4. The molecule has 0 bridgehead atoms. The maximum absolute atomic E-state index is 5.18. The zero-order chi connectivity index (χ0) is 13.8. The highest BCUT2D eigenvalue weighted by Crippen LogP contribution is 2.29. The molecule has 0 aromatic heterocycles. The maximum Gasteiger partial charge on any atom is 0.118 e. The first-order chi connectivity index (χ1) is 9.08. The molecule has 0 heterocycles. The smallest absolute Gasteiger partial charge is 0.118 e. The van der Waals surface area contributed by atoms with Gasteiger partial charge in [-0.1, -0.05) is 57.4 Å². The highest BCUT2D eigenvalue weighted by Gasteiger charge is 2.09. The summed E-state index contributed by atoms with van der Waals surface area (Å²) in [4.78, 5) is 0.347. The molecule has 2 aromatic carbocycles. The minimum atomic E-state index is 0.347. The van der Waals surface area contributed by atoms with Crippen molar-refractivity contribution < 1.29 is 4.74 Å². The van der Waals surface area contributed by atoms with Gasteiger partial charge < -0.3 is 4.74 Å². The monoisotopic (exact) mass is 318 g/mol. The first kappa shape index (κ1) is 14.1. The number of hydrogen-bond donors (Lipinski definition) is 0. The van der Waals surface area contributed by atoms with Gasteiger partial charge in [0, 0.05) is 4.83 Å². The number of aryl methyl sites for hydroxylation is 2. The van der Waals surface area contributed by atoms with E-state index < -0.39 is 0 Å². The summed E-state index contributed by atoms with van der Waals surface area (Å²) in [6.07, 6.45) is 0.979. The molecule has 2 rings (SSSR count). The molecule has 0 N–H and O–H groups in total. The lowest BCUT2D eigenvalue weighted by Gasteiger charge is -2.12. The van der Waals surface area contributed by atoms with Crippen LogP contribution in [0.25, 0.3) is 0 Å². The Morgan fingerprint density at radius 1 is 1.00 bits per heavy atom. The van der Waals surface area contributed by atoms with E-state index >= 15 is 0 Å². The molecule has 0 saturated carbocycles. The predicted octanol–water partition coefficient (Wildman–Crippen LogP) is 4.99. The minimum Gasteiger partial charge on any atom is -0.497 e. The summed E-state index contributed by atoms with van der Waals surface area (Å²) in [5, 5.41) is 0. The van der Waals surface area contributed by atoms with E-state index in [0.717, 1.165) is 12.2 Å². The van der Waals surface area contributed by atoms with Crippen LogP contribution in [0.2, 0.25) is 0 Å². The molecule has 0 amide bonds. The molecule has 19 heavy (non-hydrogen) atoms. The van der Waals surface area contributed by atoms with Crippen LogP contribution in [-0.4, -0.2) is 7.11 Å². The topological polar surface area (TPSA) is 9.23 Å². The van der Waals surface area contributed by atoms with Gasteiger partial charge in [0.2, 0.25) is 0 Å². The Hall–Kier alpha value is -1.28. The fourth-order valence-corrected chi connectivity index (χ4v) is 2.92. The van der Waals surface area contributed by atoms with Crippen molar-refractivity contribution >= 4 is 15.9 Å². The fraction of sp³-hybridized carbons (Fsp3) is 0.294. The lowest BCUT2D eigenvalue weighted by atomic mass is 10.0. The highest BCUT2D eigenvalue weighted by atomic mass is 79.9. The van der Waals surface area contributed by atoms with Gasteiger partial charge in [-0.25, -0.2) is 0 Å². The first-order valence-electron chi connectivity index (χ1n) is 6.43. The van der Waals surface area contributed by atoms with E-state index in [4.69, 9.17) is 4.74 Å². The van der Waals surface area contributed by atoms with Gasteiger partial charge in [0.15, 0.2) is 0 Å². The molecular weight excluding hydrogens is 300 g/mol. The standard InChI is InChI=1S/C17H19BrO/c1-12-8-13(2)10-15(9-12)17(18)11-14-4-6-16(19-3)7-5-14/h4-10,17H,11H2,1-3H3. The second-order valence-corrected chi connectivity index (χ2v) is 6.05.